The number of ether oxygens (including phenoxy) is 2. The maximum atomic E-state index is 13.6. The Hall–Kier alpha value is -2.64. The van der Waals surface area contributed by atoms with Crippen molar-refractivity contribution in [3.8, 4) is 0 Å². The fraction of sp³-hybridized carbons (Fsp3) is 0.867. The smallest absolute Gasteiger partial charge is 0.408 e. The Morgan fingerprint density at radius 2 is 1.42 bits per heavy atom. The third-order valence-electron chi connectivity index (χ3n) is 6.11. The SMILES string of the molecule is CN(C)CCN.C[C@H]1C[C@@H](C(=O)NCCN(C)C)N(C(=O)[C@@H](CCCCNC(=O)OC(C)(C)C)NC(=O)OC(C)(C)C)C1. The van der Waals surface area contributed by atoms with Crippen molar-refractivity contribution in [2.45, 2.75) is 97.4 Å². The van der Waals surface area contributed by atoms with Crippen molar-refractivity contribution in [1.82, 2.24) is 30.7 Å². The molecule has 0 bridgehead atoms. The van der Waals surface area contributed by atoms with Crippen molar-refractivity contribution >= 4 is 24.0 Å². The number of nitrogens with zero attached hydrogens (tertiary/aromatic N) is 3. The minimum atomic E-state index is -0.848. The molecule has 252 valence electrons. The van der Waals surface area contributed by atoms with E-state index in [0.29, 0.717) is 51.9 Å². The molecule has 1 fully saturated rings. The summed E-state index contributed by atoms with van der Waals surface area (Å²) in [5.41, 5.74) is 3.89. The van der Waals surface area contributed by atoms with Crippen LogP contribution in [0, 0.1) is 5.92 Å². The van der Waals surface area contributed by atoms with E-state index in [0.717, 1.165) is 13.1 Å². The molecule has 0 aromatic carbocycles. The Labute approximate surface area is 259 Å². The van der Waals surface area contributed by atoms with Crippen LogP contribution in [-0.2, 0) is 19.1 Å². The van der Waals surface area contributed by atoms with Crippen LogP contribution in [0.4, 0.5) is 9.59 Å². The number of nitrogens with two attached hydrogens (primary N) is 1. The number of carbonyl (C=O) groups is 4. The number of alkyl carbamates (subject to hydrolysis) is 2. The molecule has 0 aromatic heterocycles. The first-order chi connectivity index (χ1) is 19.8. The summed E-state index contributed by atoms with van der Waals surface area (Å²) < 4.78 is 10.6. The second-order valence-electron chi connectivity index (χ2n) is 13.7. The summed E-state index contributed by atoms with van der Waals surface area (Å²) in [5.74, 6) is -0.325. The van der Waals surface area contributed by atoms with Gasteiger partial charge in [-0.1, -0.05) is 6.92 Å². The lowest BCUT2D eigenvalue weighted by Gasteiger charge is -2.29. The van der Waals surface area contributed by atoms with Crippen LogP contribution in [-0.4, -0.2) is 129 Å². The standard InChI is InChI=1S/C26H49N5O6.C4H12N2/c1-18-16-20(21(32)27-14-15-30(8)9)31(17-18)22(33)19(29-24(35)37-26(5,6)7)12-10-11-13-28-23(34)36-25(2,3)4;1-6(2)4-3-5/h18-20H,10-17H2,1-9H3,(H,27,32)(H,28,34)(H,29,35);3-5H2,1-2H3/t18-,19+,20-;/m0./s1. The number of hydrogen-bond acceptors (Lipinski definition) is 9. The van der Waals surface area contributed by atoms with E-state index in [-0.39, 0.29) is 17.7 Å². The molecule has 13 nitrogen and oxygen atoms in total. The molecule has 0 aromatic rings. The molecule has 0 radical (unpaired) electrons. The van der Waals surface area contributed by atoms with Gasteiger partial charge in [0.1, 0.15) is 23.3 Å². The molecular formula is C30H61N7O6. The van der Waals surface area contributed by atoms with Gasteiger partial charge in [0.15, 0.2) is 0 Å². The van der Waals surface area contributed by atoms with Crippen molar-refractivity contribution in [2.75, 3.05) is 67.5 Å². The quantitative estimate of drug-likeness (QED) is 0.227. The Morgan fingerprint density at radius 1 is 0.860 bits per heavy atom. The molecule has 3 atom stereocenters. The number of nitrogens with one attached hydrogen (secondary N) is 3. The van der Waals surface area contributed by atoms with Gasteiger partial charge in [0.2, 0.25) is 11.8 Å². The molecule has 5 N–H and O–H groups in total. The van der Waals surface area contributed by atoms with Crippen molar-refractivity contribution in [2.24, 2.45) is 11.7 Å². The van der Waals surface area contributed by atoms with Gasteiger partial charge in [0, 0.05) is 39.3 Å². The Balaban J connectivity index is 0.00000265. The number of unbranched alkanes of at least 4 members (excludes halogenated alkanes) is 1. The topological polar surface area (TPSA) is 159 Å². The summed E-state index contributed by atoms with van der Waals surface area (Å²) >= 11 is 0. The summed E-state index contributed by atoms with van der Waals surface area (Å²) in [7, 11) is 7.87. The Morgan fingerprint density at radius 3 is 1.91 bits per heavy atom. The average Bonchev–Trinajstić information content (AvgIpc) is 3.22. The normalized spacial score (nSPS) is 17.6. The molecule has 1 saturated heterocycles. The molecule has 0 unspecified atom stereocenters. The highest BCUT2D eigenvalue weighted by molar-refractivity contribution is 5.92. The summed E-state index contributed by atoms with van der Waals surface area (Å²) in [4.78, 5) is 56.5. The number of likely N-dealkylation sites (tertiary alicyclic amines) is 1. The summed E-state index contributed by atoms with van der Waals surface area (Å²) in [6.45, 7) is 16.4. The van der Waals surface area contributed by atoms with Gasteiger partial charge in [0.05, 0.1) is 0 Å². The minimum absolute atomic E-state index is 0.161. The van der Waals surface area contributed by atoms with Crippen LogP contribution in [0.25, 0.3) is 0 Å². The minimum Gasteiger partial charge on any atom is -0.444 e. The van der Waals surface area contributed by atoms with Crippen LogP contribution in [0.3, 0.4) is 0 Å². The second kappa shape index (κ2) is 19.6. The lowest BCUT2D eigenvalue weighted by atomic mass is 10.1. The molecule has 0 spiro atoms. The number of rotatable bonds is 13. The largest absolute Gasteiger partial charge is 0.444 e. The van der Waals surface area contributed by atoms with E-state index in [1.807, 2.05) is 40.0 Å². The van der Waals surface area contributed by atoms with Crippen molar-refractivity contribution < 1.29 is 28.7 Å². The van der Waals surface area contributed by atoms with Crippen LogP contribution in [0.5, 0.6) is 0 Å². The van der Waals surface area contributed by atoms with E-state index in [2.05, 4.69) is 20.9 Å². The van der Waals surface area contributed by atoms with Gasteiger partial charge in [-0.25, -0.2) is 9.59 Å². The highest BCUT2D eigenvalue weighted by Crippen LogP contribution is 2.25. The first kappa shape index (κ1) is 40.4. The maximum Gasteiger partial charge on any atom is 0.408 e. The van der Waals surface area contributed by atoms with Gasteiger partial charge in [-0.15, -0.1) is 0 Å². The molecule has 4 amide bonds. The molecule has 43 heavy (non-hydrogen) atoms. The average molecular weight is 616 g/mol. The van der Waals surface area contributed by atoms with Crippen molar-refractivity contribution in [3.63, 3.8) is 0 Å². The number of amides is 4. The van der Waals surface area contributed by atoms with Crippen LogP contribution in [0.1, 0.15) is 74.1 Å². The monoisotopic (exact) mass is 615 g/mol. The first-order valence-corrected chi connectivity index (χ1v) is 15.3. The predicted octanol–water partition coefficient (Wildman–Crippen LogP) is 2.00. The van der Waals surface area contributed by atoms with Crippen LogP contribution >= 0.6 is 0 Å². The third-order valence-corrected chi connectivity index (χ3v) is 6.11. The molecule has 1 heterocycles. The Kier molecular flexibility index (Phi) is 18.4. The zero-order chi connectivity index (χ0) is 33.4. The Bertz CT molecular complexity index is 855. The van der Waals surface area contributed by atoms with E-state index in [9.17, 15) is 19.2 Å². The lowest BCUT2D eigenvalue weighted by molar-refractivity contribution is -0.140. The number of likely N-dealkylation sites (N-methyl/N-ethyl adjacent to an activating group) is 2. The maximum absolute atomic E-state index is 13.6. The van der Waals surface area contributed by atoms with Crippen molar-refractivity contribution in [3.05, 3.63) is 0 Å². The van der Waals surface area contributed by atoms with E-state index in [1.165, 1.54) is 0 Å². The lowest BCUT2D eigenvalue weighted by Crippen LogP contribution is -2.54. The van der Waals surface area contributed by atoms with Crippen molar-refractivity contribution in [1.29, 1.82) is 0 Å². The second-order valence-corrected chi connectivity index (χ2v) is 13.7. The summed E-state index contributed by atoms with van der Waals surface area (Å²) in [6, 6.07) is -1.43. The third kappa shape index (κ3) is 20.0. The van der Waals surface area contributed by atoms with Crippen LogP contribution in [0.2, 0.25) is 0 Å². The fourth-order valence-corrected chi connectivity index (χ4v) is 4.20. The first-order valence-electron chi connectivity index (χ1n) is 15.3. The summed E-state index contributed by atoms with van der Waals surface area (Å²) in [5, 5.41) is 8.33. The van der Waals surface area contributed by atoms with E-state index in [4.69, 9.17) is 15.2 Å². The fourth-order valence-electron chi connectivity index (χ4n) is 4.20. The molecule has 0 aliphatic carbocycles. The molecule has 1 aliphatic rings. The highest BCUT2D eigenvalue weighted by Gasteiger charge is 2.40. The zero-order valence-corrected chi connectivity index (χ0v) is 28.7. The highest BCUT2D eigenvalue weighted by atomic mass is 16.6. The van der Waals surface area contributed by atoms with E-state index >= 15 is 0 Å². The number of hydrogen-bond donors (Lipinski definition) is 4. The van der Waals surface area contributed by atoms with Crippen LogP contribution < -0.4 is 21.7 Å². The molecular weight excluding hydrogens is 554 g/mol. The summed E-state index contributed by atoms with van der Waals surface area (Å²) in [6.07, 6.45) is 0.875. The number of carbonyl (C=O) groups excluding carboxylic acids is 4. The predicted molar refractivity (Wildman–Crippen MR) is 170 cm³/mol. The van der Waals surface area contributed by atoms with Crippen LogP contribution in [0.15, 0.2) is 0 Å². The molecule has 0 saturated carbocycles. The van der Waals surface area contributed by atoms with Gasteiger partial charge in [-0.05, 0) is 101 Å². The molecule has 13 heteroatoms. The van der Waals surface area contributed by atoms with Gasteiger partial charge in [-0.3, -0.25) is 9.59 Å². The molecule has 1 rings (SSSR count). The van der Waals surface area contributed by atoms with Gasteiger partial charge in [0.25, 0.3) is 0 Å². The van der Waals surface area contributed by atoms with Gasteiger partial charge >= 0.3 is 12.2 Å². The van der Waals surface area contributed by atoms with E-state index in [1.54, 1.807) is 46.4 Å². The van der Waals surface area contributed by atoms with Gasteiger partial charge < -0.3 is 45.9 Å². The van der Waals surface area contributed by atoms with Gasteiger partial charge in [-0.2, -0.15) is 0 Å². The zero-order valence-electron chi connectivity index (χ0n) is 28.7. The van der Waals surface area contributed by atoms with E-state index < -0.39 is 35.5 Å². The molecule has 1 aliphatic heterocycles.